The van der Waals surface area contributed by atoms with Gasteiger partial charge in [-0.05, 0) is 12.8 Å². The minimum atomic E-state index is -0.148. The van der Waals surface area contributed by atoms with Gasteiger partial charge < -0.3 is 26.5 Å². The van der Waals surface area contributed by atoms with Gasteiger partial charge in [0.1, 0.15) is 6.21 Å². The molecule has 0 rings (SSSR count). The summed E-state index contributed by atoms with van der Waals surface area (Å²) in [6.07, 6.45) is 35.1. The molecule has 3 nitrogen and oxygen atoms in total. The molecule has 0 aliphatic carbocycles. The van der Waals surface area contributed by atoms with Crippen molar-refractivity contribution in [3.63, 3.8) is 0 Å². The standard InChI is InChI=1S/C31H63NO2.BrH/c1-3-5-7-9-11-13-15-17-19-21-23-25-29-33-31(27-28-32)34-30-26-24-22-20-18-16-14-12-10-8-6-4-2;/h28,31-32H,3-27,29-30H2,1-2H3;1H. The second-order valence-electron chi connectivity index (χ2n) is 10.4. The lowest BCUT2D eigenvalue weighted by atomic mass is 10.1. The molecule has 0 heterocycles. The molecule has 0 aromatic carbocycles. The van der Waals surface area contributed by atoms with Crippen LogP contribution in [0.2, 0.25) is 0 Å². The topological polar surface area (TPSA) is 44.0 Å². The molecule has 0 saturated heterocycles. The van der Waals surface area contributed by atoms with Crippen LogP contribution in [0.25, 0.3) is 0 Å². The fourth-order valence-corrected chi connectivity index (χ4v) is 4.61. The predicted octanol–water partition coefficient (Wildman–Crippen LogP) is 5.97. The first-order valence-electron chi connectivity index (χ1n) is 15.6. The fourth-order valence-electron chi connectivity index (χ4n) is 4.61. The van der Waals surface area contributed by atoms with Gasteiger partial charge in [-0.3, -0.25) is 5.41 Å². The molecule has 212 valence electrons. The molecule has 4 heteroatoms. The summed E-state index contributed by atoms with van der Waals surface area (Å²) >= 11 is 0. The van der Waals surface area contributed by atoms with Crippen LogP contribution in [0.4, 0.5) is 0 Å². The van der Waals surface area contributed by atoms with Crippen molar-refractivity contribution in [2.45, 2.75) is 181 Å². The summed E-state index contributed by atoms with van der Waals surface area (Å²) in [6.45, 7) is 6.17. The molecular formula is C31H64BrNO2. The predicted molar refractivity (Wildman–Crippen MR) is 150 cm³/mol. The van der Waals surface area contributed by atoms with Crippen LogP contribution in [0.1, 0.15) is 174 Å². The average molecular weight is 563 g/mol. The molecule has 35 heavy (non-hydrogen) atoms. The van der Waals surface area contributed by atoms with Crippen molar-refractivity contribution >= 4 is 6.21 Å². The first-order valence-corrected chi connectivity index (χ1v) is 15.6. The number of nitrogens with two attached hydrogens (primary N) is 1. The highest BCUT2D eigenvalue weighted by atomic mass is 79.9. The maximum Gasteiger partial charge on any atom is 0.166 e. The minimum Gasteiger partial charge on any atom is -1.00 e. The normalized spacial score (nSPS) is 11.2. The molecule has 0 amide bonds. The van der Waals surface area contributed by atoms with E-state index in [2.05, 4.69) is 13.8 Å². The molecule has 0 aromatic heterocycles. The molecule has 0 saturated carbocycles. The van der Waals surface area contributed by atoms with Crippen molar-refractivity contribution in [1.29, 1.82) is 0 Å². The van der Waals surface area contributed by atoms with Crippen LogP contribution < -0.4 is 22.4 Å². The van der Waals surface area contributed by atoms with Gasteiger partial charge >= 0.3 is 0 Å². The Morgan fingerprint density at radius 1 is 0.457 bits per heavy atom. The van der Waals surface area contributed by atoms with E-state index in [0.29, 0.717) is 6.42 Å². The summed E-state index contributed by atoms with van der Waals surface area (Å²) in [5.74, 6) is 0. The Morgan fingerprint density at radius 3 is 0.971 bits per heavy atom. The minimum absolute atomic E-state index is 0. The number of ether oxygens (including phenoxy) is 2. The quantitative estimate of drug-likeness (QED) is 0.0666. The van der Waals surface area contributed by atoms with Crippen LogP contribution in [-0.2, 0) is 9.47 Å². The zero-order chi connectivity index (χ0) is 24.8. The van der Waals surface area contributed by atoms with E-state index in [0.717, 1.165) is 26.1 Å². The number of hydrogen-bond acceptors (Lipinski definition) is 2. The summed E-state index contributed by atoms with van der Waals surface area (Å²) in [4.78, 5) is 0. The third-order valence-corrected chi connectivity index (χ3v) is 6.93. The molecule has 0 unspecified atom stereocenters. The van der Waals surface area contributed by atoms with Crippen molar-refractivity contribution in [3.8, 4) is 0 Å². The van der Waals surface area contributed by atoms with E-state index in [4.69, 9.17) is 14.9 Å². The third-order valence-electron chi connectivity index (χ3n) is 6.93. The molecule has 0 atom stereocenters. The van der Waals surface area contributed by atoms with E-state index in [9.17, 15) is 0 Å². The van der Waals surface area contributed by atoms with Gasteiger partial charge in [-0.1, -0.05) is 155 Å². The Kier molecular flexibility index (Phi) is 36.2. The zero-order valence-electron chi connectivity index (χ0n) is 24.0. The fraction of sp³-hybridized carbons (Fsp3) is 0.968. The van der Waals surface area contributed by atoms with Crippen LogP contribution in [0, 0.1) is 0 Å². The second kappa shape index (κ2) is 34.1. The van der Waals surface area contributed by atoms with Gasteiger partial charge in [0.15, 0.2) is 6.29 Å². The van der Waals surface area contributed by atoms with Gasteiger partial charge in [-0.25, -0.2) is 0 Å². The molecular weight excluding hydrogens is 498 g/mol. The summed E-state index contributed by atoms with van der Waals surface area (Å²) in [7, 11) is 0. The van der Waals surface area contributed by atoms with Crippen LogP contribution in [-0.4, -0.2) is 25.7 Å². The lowest BCUT2D eigenvalue weighted by molar-refractivity contribution is -0.151. The average Bonchev–Trinajstić information content (AvgIpc) is 2.84. The van der Waals surface area contributed by atoms with Gasteiger partial charge in [-0.15, -0.1) is 0 Å². The molecule has 0 bridgehead atoms. The van der Waals surface area contributed by atoms with Crippen molar-refractivity contribution in [1.82, 2.24) is 0 Å². The molecule has 0 aliphatic heterocycles. The van der Waals surface area contributed by atoms with Crippen LogP contribution in [0.15, 0.2) is 0 Å². The van der Waals surface area contributed by atoms with Crippen LogP contribution in [0.3, 0.4) is 0 Å². The van der Waals surface area contributed by atoms with Crippen molar-refractivity contribution in [2.24, 2.45) is 0 Å². The summed E-state index contributed by atoms with van der Waals surface area (Å²) in [5, 5.41) is 5.63. The number of hydrogen-bond donors (Lipinski definition) is 1. The monoisotopic (exact) mass is 561 g/mol. The molecule has 0 spiro atoms. The van der Waals surface area contributed by atoms with Crippen molar-refractivity contribution in [2.75, 3.05) is 13.2 Å². The number of rotatable bonds is 30. The highest BCUT2D eigenvalue weighted by molar-refractivity contribution is 5.49. The summed E-state index contributed by atoms with van der Waals surface area (Å²) in [5.41, 5.74) is 0. The van der Waals surface area contributed by atoms with Gasteiger partial charge in [0.2, 0.25) is 0 Å². The van der Waals surface area contributed by atoms with Crippen LogP contribution in [0.5, 0.6) is 0 Å². The lowest BCUT2D eigenvalue weighted by Gasteiger charge is -2.16. The Bertz CT molecular complexity index is 351. The van der Waals surface area contributed by atoms with E-state index in [1.165, 1.54) is 141 Å². The third kappa shape index (κ3) is 32.0. The van der Waals surface area contributed by atoms with E-state index in [-0.39, 0.29) is 23.3 Å². The molecule has 0 aliphatic rings. The smallest absolute Gasteiger partial charge is 0.166 e. The molecule has 2 N–H and O–H groups in total. The Labute approximate surface area is 231 Å². The van der Waals surface area contributed by atoms with Gasteiger partial charge in [-0.2, -0.15) is 0 Å². The Morgan fingerprint density at radius 2 is 0.714 bits per heavy atom. The summed E-state index contributed by atoms with van der Waals surface area (Å²) < 4.78 is 11.9. The Hall–Kier alpha value is 0.0700. The second-order valence-corrected chi connectivity index (χ2v) is 10.4. The van der Waals surface area contributed by atoms with Crippen molar-refractivity contribution in [3.05, 3.63) is 0 Å². The maximum absolute atomic E-state index is 5.95. The van der Waals surface area contributed by atoms with Crippen LogP contribution >= 0.6 is 0 Å². The SMILES string of the molecule is CCCCCCCCCCCCCCOC(CC=[NH2+])OCCCCCCCCCCCCCC.[Br-]. The summed E-state index contributed by atoms with van der Waals surface area (Å²) in [6, 6.07) is 0. The molecule has 0 radical (unpaired) electrons. The van der Waals surface area contributed by atoms with E-state index in [1.54, 1.807) is 6.21 Å². The first kappa shape index (κ1) is 37.2. The van der Waals surface area contributed by atoms with Crippen molar-refractivity contribution < 1.29 is 31.9 Å². The number of halogens is 1. The Balaban J connectivity index is 0. The largest absolute Gasteiger partial charge is 1.00 e. The van der Waals surface area contributed by atoms with E-state index >= 15 is 0 Å². The van der Waals surface area contributed by atoms with E-state index in [1.807, 2.05) is 0 Å². The lowest BCUT2D eigenvalue weighted by Crippen LogP contribution is -3.00. The zero-order valence-corrected chi connectivity index (χ0v) is 25.6. The molecule has 0 fully saturated rings. The highest BCUT2D eigenvalue weighted by Crippen LogP contribution is 2.14. The van der Waals surface area contributed by atoms with Gasteiger partial charge in [0.25, 0.3) is 0 Å². The maximum atomic E-state index is 5.95. The molecule has 0 aromatic rings. The highest BCUT2D eigenvalue weighted by Gasteiger charge is 2.09. The number of unbranched alkanes of at least 4 members (excludes halogenated alkanes) is 22. The van der Waals surface area contributed by atoms with Gasteiger partial charge in [0, 0.05) is 13.2 Å². The van der Waals surface area contributed by atoms with Gasteiger partial charge in [0.05, 0.1) is 6.42 Å². The first-order chi connectivity index (χ1) is 16.8. The van der Waals surface area contributed by atoms with E-state index < -0.39 is 0 Å².